The summed E-state index contributed by atoms with van der Waals surface area (Å²) in [6, 6.07) is 18.4. The maximum absolute atomic E-state index is 13.0. The Balaban J connectivity index is 1.84. The molecule has 0 radical (unpaired) electrons. The lowest BCUT2D eigenvalue weighted by Gasteiger charge is -2.19. The second-order valence-electron chi connectivity index (χ2n) is 7.52. The SMILES string of the molecule is CC(C)NC(=O)c1c(OCc2ccccc2)c(=O)cc(CNSc2ccc(Cl)cc2)n1C. The molecule has 0 saturated carbocycles. The summed E-state index contributed by atoms with van der Waals surface area (Å²) in [5.74, 6) is -0.307. The van der Waals surface area contributed by atoms with Crippen LogP contribution in [0.4, 0.5) is 0 Å². The first-order valence-electron chi connectivity index (χ1n) is 10.2. The van der Waals surface area contributed by atoms with Crippen molar-refractivity contribution in [3.63, 3.8) is 0 Å². The summed E-state index contributed by atoms with van der Waals surface area (Å²) < 4.78 is 10.8. The third kappa shape index (κ3) is 6.38. The van der Waals surface area contributed by atoms with Gasteiger partial charge in [0.15, 0.2) is 11.4 Å². The molecule has 1 aromatic heterocycles. The number of hydrogen-bond donors (Lipinski definition) is 2. The minimum atomic E-state index is -0.352. The van der Waals surface area contributed by atoms with Gasteiger partial charge in [-0.05, 0) is 55.6 Å². The fraction of sp³-hybridized carbons (Fsp3) is 0.250. The molecule has 3 aromatic rings. The van der Waals surface area contributed by atoms with Gasteiger partial charge in [0, 0.05) is 41.3 Å². The highest BCUT2D eigenvalue weighted by atomic mass is 35.5. The summed E-state index contributed by atoms with van der Waals surface area (Å²) in [7, 11) is 1.76. The summed E-state index contributed by atoms with van der Waals surface area (Å²) in [5, 5.41) is 3.53. The first kappa shape index (κ1) is 23.9. The number of pyridine rings is 1. The third-order valence-electron chi connectivity index (χ3n) is 4.62. The van der Waals surface area contributed by atoms with Gasteiger partial charge in [0.05, 0.1) is 0 Å². The number of nitrogens with one attached hydrogen (secondary N) is 2. The van der Waals surface area contributed by atoms with Gasteiger partial charge in [0.25, 0.3) is 5.91 Å². The number of rotatable bonds is 9. The number of ether oxygens (including phenoxy) is 1. The van der Waals surface area contributed by atoms with Crippen molar-refractivity contribution in [1.82, 2.24) is 14.6 Å². The minimum absolute atomic E-state index is 0.0450. The normalized spacial score (nSPS) is 10.9. The third-order valence-corrected chi connectivity index (χ3v) is 5.67. The van der Waals surface area contributed by atoms with Crippen LogP contribution in [-0.2, 0) is 20.2 Å². The largest absolute Gasteiger partial charge is 0.483 e. The molecule has 0 fully saturated rings. The number of carbonyl (C=O) groups is 1. The molecule has 0 bridgehead atoms. The van der Waals surface area contributed by atoms with E-state index in [2.05, 4.69) is 10.0 Å². The molecule has 0 aliphatic carbocycles. The Bertz CT molecular complexity index is 1120. The van der Waals surface area contributed by atoms with Crippen LogP contribution in [0.2, 0.25) is 5.02 Å². The minimum Gasteiger partial charge on any atom is -0.483 e. The van der Waals surface area contributed by atoms with Gasteiger partial charge >= 0.3 is 0 Å². The standard InChI is InChI=1S/C24H26ClN3O3S/c1-16(2)27-24(30)22-23(31-15-17-7-5-4-6-8-17)21(29)13-19(28(22)3)14-26-32-20-11-9-18(25)10-12-20/h4-13,16,26H,14-15H2,1-3H3,(H,27,30). The molecule has 3 rings (SSSR count). The summed E-state index contributed by atoms with van der Waals surface area (Å²) in [6.07, 6.45) is 0. The molecule has 0 unspecified atom stereocenters. The smallest absolute Gasteiger partial charge is 0.272 e. The van der Waals surface area contributed by atoms with E-state index in [1.807, 2.05) is 68.4 Å². The van der Waals surface area contributed by atoms with Crippen molar-refractivity contribution in [2.75, 3.05) is 0 Å². The summed E-state index contributed by atoms with van der Waals surface area (Å²) in [5.41, 5.74) is 1.45. The first-order chi connectivity index (χ1) is 15.3. The zero-order chi connectivity index (χ0) is 23.1. The Labute approximate surface area is 197 Å². The quantitative estimate of drug-likeness (QED) is 0.448. The predicted molar refractivity (Wildman–Crippen MR) is 129 cm³/mol. The van der Waals surface area contributed by atoms with Crippen LogP contribution in [0.1, 0.15) is 35.6 Å². The predicted octanol–water partition coefficient (Wildman–Crippen LogP) is 4.55. The van der Waals surface area contributed by atoms with Crippen molar-refractivity contribution in [3.05, 3.63) is 92.9 Å². The Hall–Kier alpha value is -2.74. The molecule has 0 saturated heterocycles. The number of amides is 1. The van der Waals surface area contributed by atoms with E-state index in [9.17, 15) is 9.59 Å². The zero-order valence-electron chi connectivity index (χ0n) is 18.2. The van der Waals surface area contributed by atoms with Crippen molar-refractivity contribution < 1.29 is 9.53 Å². The number of hydrogen-bond acceptors (Lipinski definition) is 5. The highest BCUT2D eigenvalue weighted by Crippen LogP contribution is 2.20. The number of benzene rings is 2. The molecule has 2 N–H and O–H groups in total. The highest BCUT2D eigenvalue weighted by molar-refractivity contribution is 7.97. The van der Waals surface area contributed by atoms with Crippen LogP contribution in [0.25, 0.3) is 0 Å². The van der Waals surface area contributed by atoms with E-state index >= 15 is 0 Å². The first-order valence-corrected chi connectivity index (χ1v) is 11.4. The van der Waals surface area contributed by atoms with Gasteiger partial charge in [0.2, 0.25) is 5.43 Å². The van der Waals surface area contributed by atoms with Crippen LogP contribution in [0.15, 0.2) is 70.4 Å². The fourth-order valence-corrected chi connectivity index (χ4v) is 3.83. The van der Waals surface area contributed by atoms with E-state index in [0.29, 0.717) is 17.3 Å². The van der Waals surface area contributed by atoms with E-state index in [1.165, 1.54) is 18.0 Å². The maximum Gasteiger partial charge on any atom is 0.272 e. The van der Waals surface area contributed by atoms with E-state index < -0.39 is 0 Å². The average molecular weight is 472 g/mol. The van der Waals surface area contributed by atoms with Gasteiger partial charge in [-0.25, -0.2) is 0 Å². The molecule has 0 atom stereocenters. The Morgan fingerprint density at radius 1 is 1.12 bits per heavy atom. The van der Waals surface area contributed by atoms with Crippen LogP contribution in [0, 0.1) is 0 Å². The molecule has 168 valence electrons. The number of nitrogens with zero attached hydrogens (tertiary/aromatic N) is 1. The lowest BCUT2D eigenvalue weighted by Crippen LogP contribution is -2.35. The molecular formula is C24H26ClN3O3S. The zero-order valence-corrected chi connectivity index (χ0v) is 19.8. The van der Waals surface area contributed by atoms with Gasteiger partial charge in [-0.2, -0.15) is 0 Å². The number of carbonyl (C=O) groups excluding carboxylic acids is 1. The Kier molecular flexibility index (Phi) is 8.39. The van der Waals surface area contributed by atoms with Crippen LogP contribution < -0.4 is 20.2 Å². The van der Waals surface area contributed by atoms with Crippen molar-refractivity contribution in [3.8, 4) is 5.75 Å². The molecule has 6 nitrogen and oxygen atoms in total. The number of halogens is 1. The molecule has 2 aromatic carbocycles. The van der Waals surface area contributed by atoms with Gasteiger partial charge < -0.3 is 14.6 Å². The lowest BCUT2D eigenvalue weighted by atomic mass is 10.2. The molecular weight excluding hydrogens is 446 g/mol. The summed E-state index contributed by atoms with van der Waals surface area (Å²) in [4.78, 5) is 26.9. The second kappa shape index (κ2) is 11.2. The van der Waals surface area contributed by atoms with Gasteiger partial charge in [-0.15, -0.1) is 0 Å². The van der Waals surface area contributed by atoms with Crippen LogP contribution >= 0.6 is 23.5 Å². The molecule has 0 aliphatic heterocycles. The second-order valence-corrected chi connectivity index (χ2v) is 8.92. The Morgan fingerprint density at radius 3 is 2.47 bits per heavy atom. The van der Waals surface area contributed by atoms with E-state index in [0.717, 1.165) is 10.5 Å². The van der Waals surface area contributed by atoms with Crippen molar-refractivity contribution in [2.24, 2.45) is 7.05 Å². The Morgan fingerprint density at radius 2 is 1.81 bits per heavy atom. The van der Waals surface area contributed by atoms with Crippen LogP contribution in [0.3, 0.4) is 0 Å². The molecule has 0 spiro atoms. The summed E-state index contributed by atoms with van der Waals surface area (Å²) in [6.45, 7) is 4.31. The van der Waals surface area contributed by atoms with Crippen molar-refractivity contribution >= 4 is 29.5 Å². The maximum atomic E-state index is 13.0. The van der Waals surface area contributed by atoms with Gasteiger partial charge in [-0.3, -0.25) is 14.3 Å². The lowest BCUT2D eigenvalue weighted by molar-refractivity contribution is 0.0927. The number of aromatic nitrogens is 1. The van der Waals surface area contributed by atoms with E-state index in [-0.39, 0.29) is 35.4 Å². The molecule has 8 heteroatoms. The fourth-order valence-electron chi connectivity index (χ4n) is 3.05. The summed E-state index contributed by atoms with van der Waals surface area (Å²) >= 11 is 7.34. The monoisotopic (exact) mass is 471 g/mol. The highest BCUT2D eigenvalue weighted by Gasteiger charge is 2.22. The van der Waals surface area contributed by atoms with E-state index in [1.54, 1.807) is 11.6 Å². The molecule has 0 aliphatic rings. The van der Waals surface area contributed by atoms with Crippen molar-refractivity contribution in [1.29, 1.82) is 0 Å². The van der Waals surface area contributed by atoms with Crippen LogP contribution in [-0.4, -0.2) is 16.5 Å². The van der Waals surface area contributed by atoms with Crippen molar-refractivity contribution in [2.45, 2.75) is 37.9 Å². The van der Waals surface area contributed by atoms with Gasteiger partial charge in [0.1, 0.15) is 6.61 Å². The molecule has 1 heterocycles. The van der Waals surface area contributed by atoms with E-state index in [4.69, 9.17) is 16.3 Å². The van der Waals surface area contributed by atoms with Crippen LogP contribution in [0.5, 0.6) is 5.75 Å². The molecule has 1 amide bonds. The average Bonchev–Trinajstić information content (AvgIpc) is 2.76. The molecule has 32 heavy (non-hydrogen) atoms. The van der Waals surface area contributed by atoms with Gasteiger partial charge in [-0.1, -0.05) is 41.9 Å². The topological polar surface area (TPSA) is 72.4 Å².